The van der Waals surface area contributed by atoms with Crippen LogP contribution < -0.4 is 14.8 Å². The van der Waals surface area contributed by atoms with Crippen molar-refractivity contribution < 1.29 is 23.5 Å². The molecule has 1 aromatic heterocycles. The number of hydrogen-bond donors (Lipinski definition) is 1. The Morgan fingerprint density at radius 3 is 2.53 bits per heavy atom. The van der Waals surface area contributed by atoms with Gasteiger partial charge in [-0.2, -0.15) is 5.10 Å². The molecule has 2 heterocycles. The molecule has 1 unspecified atom stereocenters. The lowest BCUT2D eigenvalue weighted by Crippen LogP contribution is -2.29. The van der Waals surface area contributed by atoms with Crippen LogP contribution in [0, 0.1) is 5.82 Å². The first kappa shape index (κ1) is 30.2. The maximum absolute atomic E-state index is 13.9. The molecule has 5 rings (SSSR count). The molecule has 0 bridgehead atoms. The highest BCUT2D eigenvalue weighted by molar-refractivity contribution is 9.10. The highest BCUT2D eigenvalue weighted by Gasteiger charge is 2.35. The van der Waals surface area contributed by atoms with E-state index in [1.807, 2.05) is 36.4 Å². The average molecular weight is 668 g/mol. The fourth-order valence-electron chi connectivity index (χ4n) is 4.69. The largest absolute Gasteiger partial charge is 0.493 e. The minimum atomic E-state index is -0.606. The van der Waals surface area contributed by atoms with Crippen molar-refractivity contribution in [3.05, 3.63) is 99.5 Å². The highest BCUT2D eigenvalue weighted by atomic mass is 79.9. The summed E-state index contributed by atoms with van der Waals surface area (Å²) in [5.41, 5.74) is 2.41. The van der Waals surface area contributed by atoms with Gasteiger partial charge in [0.25, 0.3) is 11.8 Å². The van der Waals surface area contributed by atoms with Crippen molar-refractivity contribution in [2.75, 3.05) is 20.0 Å². The van der Waals surface area contributed by atoms with Crippen LogP contribution in [0.3, 0.4) is 0 Å². The maximum atomic E-state index is 13.9. The number of hydrogen-bond acceptors (Lipinski definition) is 8. The number of para-hydroxylation sites is 1. The fraction of sp³-hybridized carbons (Fsp3) is 0.233. The van der Waals surface area contributed by atoms with Crippen LogP contribution in [-0.2, 0) is 18.4 Å². The SMILES string of the molecule is COc1cccc(C2CC(c3ccc(Br)cc3)=NN2C(=O)CSc2nnc(CNC(=O)c3ccccc3F)n2C)c1OC. The zero-order valence-electron chi connectivity index (χ0n) is 23.6. The molecule has 0 aliphatic carbocycles. The minimum absolute atomic E-state index is 0.0352. The number of nitrogens with one attached hydrogen (secondary N) is 1. The summed E-state index contributed by atoms with van der Waals surface area (Å²) in [6.45, 7) is 0.0376. The Kier molecular flexibility index (Phi) is 9.41. The van der Waals surface area contributed by atoms with Crippen LogP contribution in [0.5, 0.6) is 11.5 Å². The Labute approximate surface area is 260 Å². The van der Waals surface area contributed by atoms with E-state index in [4.69, 9.17) is 14.6 Å². The van der Waals surface area contributed by atoms with E-state index in [1.165, 1.54) is 35.0 Å². The smallest absolute Gasteiger partial charge is 0.254 e. The number of methoxy groups -OCH3 is 2. The molecule has 222 valence electrons. The number of benzene rings is 3. The molecule has 13 heteroatoms. The highest BCUT2D eigenvalue weighted by Crippen LogP contribution is 2.42. The Hall–Kier alpha value is -4.23. The second kappa shape index (κ2) is 13.4. The number of hydrazone groups is 1. The molecule has 1 aliphatic heterocycles. The molecule has 2 amide bonds. The summed E-state index contributed by atoms with van der Waals surface area (Å²) >= 11 is 4.67. The van der Waals surface area contributed by atoms with Gasteiger partial charge < -0.3 is 19.4 Å². The zero-order chi connectivity index (χ0) is 30.5. The van der Waals surface area contributed by atoms with Crippen LogP contribution in [0.25, 0.3) is 0 Å². The standard InChI is InChI=1S/C30H28BrFN6O4S/c1-37-26(16-33-29(40)20-7-4-5-9-22(20)32)34-35-30(37)43-17-27(39)38-24(21-8-6-10-25(41-2)28(21)42-3)15-23(36-38)18-11-13-19(31)14-12-18/h4-14,24H,15-17H2,1-3H3,(H,33,40). The van der Waals surface area contributed by atoms with Crippen LogP contribution in [-0.4, -0.2) is 57.3 Å². The third-order valence-corrected chi connectivity index (χ3v) is 8.44. The van der Waals surface area contributed by atoms with E-state index >= 15 is 0 Å². The fourth-order valence-corrected chi connectivity index (χ4v) is 5.74. The number of amides is 2. The van der Waals surface area contributed by atoms with E-state index in [9.17, 15) is 14.0 Å². The van der Waals surface area contributed by atoms with Gasteiger partial charge in [0.1, 0.15) is 5.82 Å². The Balaban J connectivity index is 1.32. The molecule has 3 aromatic carbocycles. The average Bonchev–Trinajstić information content (AvgIpc) is 3.62. The van der Waals surface area contributed by atoms with E-state index < -0.39 is 17.8 Å². The molecular formula is C30H28BrFN6O4S. The summed E-state index contributed by atoms with van der Waals surface area (Å²) < 4.78 is 27.8. The molecule has 0 saturated carbocycles. The molecule has 0 saturated heterocycles. The van der Waals surface area contributed by atoms with E-state index in [2.05, 4.69) is 31.4 Å². The molecule has 10 nitrogen and oxygen atoms in total. The molecule has 1 aliphatic rings. The maximum Gasteiger partial charge on any atom is 0.254 e. The lowest BCUT2D eigenvalue weighted by Gasteiger charge is -2.24. The number of aromatic nitrogens is 3. The van der Waals surface area contributed by atoms with E-state index in [-0.39, 0.29) is 23.8 Å². The van der Waals surface area contributed by atoms with Gasteiger partial charge in [-0.3, -0.25) is 9.59 Å². The second-order valence-electron chi connectivity index (χ2n) is 9.50. The van der Waals surface area contributed by atoms with Crippen LogP contribution in [0.2, 0.25) is 0 Å². The normalized spacial score (nSPS) is 14.4. The summed E-state index contributed by atoms with van der Waals surface area (Å²) in [7, 11) is 4.88. The number of halogens is 2. The summed E-state index contributed by atoms with van der Waals surface area (Å²) in [5, 5.41) is 17.7. The summed E-state index contributed by atoms with van der Waals surface area (Å²) in [6, 6.07) is 18.7. The van der Waals surface area contributed by atoms with Crippen molar-refractivity contribution in [2.45, 2.75) is 24.2 Å². The van der Waals surface area contributed by atoms with Gasteiger partial charge in [-0.25, -0.2) is 9.40 Å². The van der Waals surface area contributed by atoms with Crippen molar-refractivity contribution in [1.29, 1.82) is 0 Å². The lowest BCUT2D eigenvalue weighted by molar-refractivity contribution is -0.130. The number of rotatable bonds is 10. The number of nitrogens with zero attached hydrogens (tertiary/aromatic N) is 5. The molecule has 1 atom stereocenters. The predicted molar refractivity (Wildman–Crippen MR) is 164 cm³/mol. The predicted octanol–water partition coefficient (Wildman–Crippen LogP) is 5.13. The Bertz CT molecular complexity index is 1680. The molecule has 0 spiro atoms. The van der Waals surface area contributed by atoms with Gasteiger partial charge in [0.05, 0.1) is 43.8 Å². The molecular weight excluding hydrogens is 639 g/mol. The van der Waals surface area contributed by atoms with Gasteiger partial charge in [0.15, 0.2) is 22.5 Å². The van der Waals surface area contributed by atoms with Gasteiger partial charge in [-0.15, -0.1) is 10.2 Å². The van der Waals surface area contributed by atoms with E-state index in [0.29, 0.717) is 28.9 Å². The summed E-state index contributed by atoms with van der Waals surface area (Å²) in [4.78, 5) is 26.1. The van der Waals surface area contributed by atoms with Crippen molar-refractivity contribution in [3.63, 3.8) is 0 Å². The number of ether oxygens (including phenoxy) is 2. The topological polar surface area (TPSA) is 111 Å². The second-order valence-corrected chi connectivity index (χ2v) is 11.4. The van der Waals surface area contributed by atoms with Crippen molar-refractivity contribution >= 4 is 45.2 Å². The van der Waals surface area contributed by atoms with Crippen molar-refractivity contribution in [1.82, 2.24) is 25.1 Å². The van der Waals surface area contributed by atoms with Gasteiger partial charge in [-0.05, 0) is 35.9 Å². The third-order valence-electron chi connectivity index (χ3n) is 6.91. The first-order valence-corrected chi connectivity index (χ1v) is 15.0. The van der Waals surface area contributed by atoms with Gasteiger partial charge >= 0.3 is 0 Å². The van der Waals surface area contributed by atoms with E-state index in [1.54, 1.807) is 38.0 Å². The van der Waals surface area contributed by atoms with Crippen LogP contribution in [0.15, 0.2) is 81.5 Å². The zero-order valence-corrected chi connectivity index (χ0v) is 26.0. The minimum Gasteiger partial charge on any atom is -0.493 e. The lowest BCUT2D eigenvalue weighted by atomic mass is 9.97. The van der Waals surface area contributed by atoms with Crippen LogP contribution in [0.1, 0.15) is 39.8 Å². The quantitative estimate of drug-likeness (QED) is 0.234. The third kappa shape index (κ3) is 6.57. The molecule has 0 radical (unpaired) electrons. The summed E-state index contributed by atoms with van der Waals surface area (Å²) in [5.74, 6) is 0.201. The molecule has 4 aromatic rings. The number of thioether (sulfide) groups is 1. The van der Waals surface area contributed by atoms with Crippen molar-refractivity contribution in [2.24, 2.45) is 12.1 Å². The Morgan fingerprint density at radius 1 is 1.05 bits per heavy atom. The first-order valence-electron chi connectivity index (χ1n) is 13.2. The van der Waals surface area contributed by atoms with Crippen LogP contribution in [0.4, 0.5) is 4.39 Å². The summed E-state index contributed by atoms with van der Waals surface area (Å²) in [6.07, 6.45) is 0.484. The molecule has 43 heavy (non-hydrogen) atoms. The molecule has 1 N–H and O–H groups in total. The van der Waals surface area contributed by atoms with Gasteiger partial charge in [0.2, 0.25) is 0 Å². The van der Waals surface area contributed by atoms with Gasteiger partial charge in [0, 0.05) is 23.5 Å². The van der Waals surface area contributed by atoms with Crippen molar-refractivity contribution in [3.8, 4) is 11.5 Å². The first-order chi connectivity index (χ1) is 20.8. The monoisotopic (exact) mass is 666 g/mol. The van der Waals surface area contributed by atoms with E-state index in [0.717, 1.165) is 21.3 Å². The molecule has 0 fully saturated rings. The number of carbonyl (C=O) groups is 2. The number of carbonyl (C=O) groups excluding carboxylic acids is 2. The van der Waals surface area contributed by atoms with Crippen LogP contribution >= 0.6 is 27.7 Å². The Morgan fingerprint density at radius 2 is 1.81 bits per heavy atom. The van der Waals surface area contributed by atoms with Gasteiger partial charge in [-0.1, -0.05) is 64.1 Å².